The van der Waals surface area contributed by atoms with Crippen molar-refractivity contribution in [2.75, 3.05) is 5.32 Å². The van der Waals surface area contributed by atoms with Crippen LogP contribution >= 0.6 is 0 Å². The summed E-state index contributed by atoms with van der Waals surface area (Å²) in [4.78, 5) is 24.1. The van der Waals surface area contributed by atoms with Crippen LogP contribution in [0, 0.1) is 34.3 Å². The molecule has 0 radical (unpaired) electrons. The summed E-state index contributed by atoms with van der Waals surface area (Å²) in [5.41, 5.74) is 2.90. The van der Waals surface area contributed by atoms with Crippen LogP contribution in [0.25, 0.3) is 0 Å². The van der Waals surface area contributed by atoms with Gasteiger partial charge in [0.1, 0.15) is 0 Å². The van der Waals surface area contributed by atoms with Gasteiger partial charge in [-0.25, -0.2) is 0 Å². The third kappa shape index (κ3) is 3.04. The summed E-state index contributed by atoms with van der Waals surface area (Å²) in [5, 5.41) is 14.1. The first-order chi connectivity index (χ1) is 13.9. The molecule has 4 aliphatic rings. The van der Waals surface area contributed by atoms with Crippen molar-refractivity contribution in [3.8, 4) is 0 Å². The van der Waals surface area contributed by atoms with Crippen molar-refractivity contribution in [2.24, 2.45) is 17.3 Å². The summed E-state index contributed by atoms with van der Waals surface area (Å²) in [6, 6.07) is 15.2. The number of hydrogen-bond donors (Lipinski definition) is 1. The second kappa shape index (κ2) is 6.41. The topological polar surface area (TPSA) is 72.2 Å². The molecule has 6 rings (SSSR count). The first-order valence-electron chi connectivity index (χ1n) is 10.5. The van der Waals surface area contributed by atoms with Crippen molar-refractivity contribution < 1.29 is 9.72 Å². The van der Waals surface area contributed by atoms with E-state index >= 15 is 0 Å². The van der Waals surface area contributed by atoms with Crippen LogP contribution in [0.15, 0.2) is 48.5 Å². The van der Waals surface area contributed by atoms with Crippen molar-refractivity contribution in [3.05, 3.63) is 69.8 Å². The van der Waals surface area contributed by atoms with Gasteiger partial charge in [0.05, 0.1) is 10.3 Å². The summed E-state index contributed by atoms with van der Waals surface area (Å²) < 4.78 is 0. The van der Waals surface area contributed by atoms with Crippen LogP contribution in [0.3, 0.4) is 0 Å². The van der Waals surface area contributed by atoms with Crippen molar-refractivity contribution in [2.45, 2.75) is 50.9 Å². The fraction of sp³-hybridized carbons (Fsp3) is 0.458. The summed E-state index contributed by atoms with van der Waals surface area (Å²) in [5.74, 6) is 1.23. The maximum absolute atomic E-state index is 13.5. The zero-order valence-electron chi connectivity index (χ0n) is 16.7. The summed E-state index contributed by atoms with van der Waals surface area (Å²) in [6.45, 7) is 2.11. The van der Waals surface area contributed by atoms with Gasteiger partial charge in [-0.1, -0.05) is 35.9 Å². The number of nitro benzene ring substituents is 1. The molecule has 150 valence electrons. The Kier molecular flexibility index (Phi) is 4.05. The lowest BCUT2D eigenvalue weighted by atomic mass is 9.42. The molecule has 1 N–H and O–H groups in total. The lowest BCUT2D eigenvalue weighted by molar-refractivity contribution is -0.384. The molecule has 29 heavy (non-hydrogen) atoms. The first-order valence-corrected chi connectivity index (χ1v) is 10.5. The number of carbonyl (C=O) groups is 1. The molecule has 0 saturated heterocycles. The van der Waals surface area contributed by atoms with Crippen LogP contribution in [-0.2, 0) is 10.2 Å². The average Bonchev–Trinajstić information content (AvgIpc) is 2.67. The molecule has 0 spiro atoms. The Morgan fingerprint density at radius 1 is 1.07 bits per heavy atom. The van der Waals surface area contributed by atoms with Crippen LogP contribution in [0.2, 0.25) is 0 Å². The molecular formula is C24H26N2O3. The van der Waals surface area contributed by atoms with Gasteiger partial charge in [-0.3, -0.25) is 14.9 Å². The Balaban J connectivity index is 1.45. The average molecular weight is 390 g/mol. The van der Waals surface area contributed by atoms with E-state index in [1.807, 2.05) is 0 Å². The molecule has 2 atom stereocenters. The van der Waals surface area contributed by atoms with E-state index in [-0.39, 0.29) is 22.4 Å². The highest BCUT2D eigenvalue weighted by Crippen LogP contribution is 2.66. The Morgan fingerprint density at radius 3 is 2.41 bits per heavy atom. The molecule has 4 fully saturated rings. The lowest BCUT2D eigenvalue weighted by Crippen LogP contribution is -2.57. The normalized spacial score (nSPS) is 32.2. The van der Waals surface area contributed by atoms with Gasteiger partial charge in [0.25, 0.3) is 5.69 Å². The van der Waals surface area contributed by atoms with Gasteiger partial charge in [0.2, 0.25) is 5.91 Å². The molecule has 2 aromatic rings. The van der Waals surface area contributed by atoms with Gasteiger partial charge in [-0.05, 0) is 74.3 Å². The fourth-order valence-electron chi connectivity index (χ4n) is 6.73. The van der Waals surface area contributed by atoms with Crippen molar-refractivity contribution in [1.29, 1.82) is 0 Å². The Bertz CT molecular complexity index is 968. The maximum atomic E-state index is 13.5. The first kappa shape index (κ1) is 18.3. The van der Waals surface area contributed by atoms with Crippen LogP contribution < -0.4 is 5.32 Å². The minimum absolute atomic E-state index is 0.00411. The fourth-order valence-corrected chi connectivity index (χ4v) is 6.73. The molecule has 0 heterocycles. The Hall–Kier alpha value is -2.69. The zero-order chi connectivity index (χ0) is 20.2. The minimum Gasteiger partial charge on any atom is -0.325 e. The summed E-state index contributed by atoms with van der Waals surface area (Å²) in [6.07, 6.45) is 6.36. The van der Waals surface area contributed by atoms with Crippen molar-refractivity contribution >= 4 is 17.3 Å². The predicted molar refractivity (Wildman–Crippen MR) is 112 cm³/mol. The number of nitro groups is 1. The molecule has 4 bridgehead atoms. The van der Waals surface area contributed by atoms with Crippen LogP contribution in [0.4, 0.5) is 11.4 Å². The van der Waals surface area contributed by atoms with E-state index in [0.29, 0.717) is 17.5 Å². The molecule has 4 aliphatic carbocycles. The van der Waals surface area contributed by atoms with Gasteiger partial charge in [-0.2, -0.15) is 0 Å². The Labute approximate surface area is 170 Å². The molecule has 0 aromatic heterocycles. The third-order valence-electron chi connectivity index (χ3n) is 7.52. The van der Waals surface area contributed by atoms with E-state index in [9.17, 15) is 14.9 Å². The van der Waals surface area contributed by atoms with E-state index in [2.05, 4.69) is 36.5 Å². The lowest BCUT2D eigenvalue weighted by Gasteiger charge is -2.61. The monoisotopic (exact) mass is 390 g/mol. The maximum Gasteiger partial charge on any atom is 0.271 e. The second-order valence-electron chi connectivity index (χ2n) is 9.65. The SMILES string of the molecule is Cc1ccc(C23C[C@H]4C[C@@H](CC(C(=O)Nc5cccc([N+](=O)[O-])c5)(C4)C2)C3)cc1. The molecule has 4 saturated carbocycles. The minimum atomic E-state index is -0.424. The van der Waals surface area contributed by atoms with Gasteiger partial charge in [-0.15, -0.1) is 0 Å². The van der Waals surface area contributed by atoms with E-state index < -0.39 is 4.92 Å². The van der Waals surface area contributed by atoms with Gasteiger partial charge in [0, 0.05) is 17.8 Å². The van der Waals surface area contributed by atoms with Crippen LogP contribution in [0.1, 0.15) is 49.7 Å². The molecule has 5 nitrogen and oxygen atoms in total. The standard InChI is InChI=1S/C24H26N2O3/c1-16-5-7-19(8-6-16)23-11-17-9-18(12-23)14-24(13-17,15-23)22(27)25-20-3-2-4-21(10-20)26(28)29/h2-8,10,17-18H,9,11-15H2,1H3,(H,25,27)/t17-,18-,23?,24?/m1/s1. The second-order valence-corrected chi connectivity index (χ2v) is 9.65. The largest absolute Gasteiger partial charge is 0.325 e. The van der Waals surface area contributed by atoms with E-state index in [1.54, 1.807) is 12.1 Å². The third-order valence-corrected chi connectivity index (χ3v) is 7.52. The molecule has 1 amide bonds. The molecule has 5 heteroatoms. The van der Waals surface area contributed by atoms with Crippen LogP contribution in [-0.4, -0.2) is 10.8 Å². The van der Waals surface area contributed by atoms with Crippen molar-refractivity contribution in [1.82, 2.24) is 0 Å². The van der Waals surface area contributed by atoms with Gasteiger partial charge in [0.15, 0.2) is 0 Å². The molecule has 2 aromatic carbocycles. The summed E-state index contributed by atoms with van der Waals surface area (Å²) in [7, 11) is 0. The van der Waals surface area contributed by atoms with Crippen LogP contribution in [0.5, 0.6) is 0 Å². The van der Waals surface area contributed by atoms with E-state index in [1.165, 1.54) is 42.5 Å². The number of benzene rings is 2. The summed E-state index contributed by atoms with van der Waals surface area (Å²) >= 11 is 0. The number of non-ortho nitro benzene ring substituents is 1. The number of aryl methyl sites for hydroxylation is 1. The quantitative estimate of drug-likeness (QED) is 0.563. The number of anilines is 1. The molecular weight excluding hydrogens is 364 g/mol. The van der Waals surface area contributed by atoms with Gasteiger partial charge < -0.3 is 5.32 Å². The van der Waals surface area contributed by atoms with Gasteiger partial charge >= 0.3 is 0 Å². The highest BCUT2D eigenvalue weighted by molar-refractivity contribution is 5.96. The highest BCUT2D eigenvalue weighted by atomic mass is 16.6. The highest BCUT2D eigenvalue weighted by Gasteiger charge is 2.60. The number of nitrogens with zero attached hydrogens (tertiary/aromatic N) is 1. The van der Waals surface area contributed by atoms with E-state index in [0.717, 1.165) is 19.3 Å². The molecule has 0 aliphatic heterocycles. The number of nitrogens with one attached hydrogen (secondary N) is 1. The van der Waals surface area contributed by atoms with E-state index in [4.69, 9.17) is 0 Å². The number of rotatable bonds is 4. The van der Waals surface area contributed by atoms with Crippen molar-refractivity contribution in [3.63, 3.8) is 0 Å². The number of hydrogen-bond acceptors (Lipinski definition) is 3. The zero-order valence-corrected chi connectivity index (χ0v) is 16.7. The number of carbonyl (C=O) groups excluding carboxylic acids is 1. The smallest absolute Gasteiger partial charge is 0.271 e. The Morgan fingerprint density at radius 2 is 1.76 bits per heavy atom. The predicted octanol–water partition coefficient (Wildman–Crippen LogP) is 5.38. The number of amides is 1. The molecule has 0 unspecified atom stereocenters.